The maximum atomic E-state index is 7.09. The molecule has 1 aliphatic rings. The van der Waals surface area contributed by atoms with Crippen LogP contribution in [-0.4, -0.2) is 20.3 Å². The molecule has 15 heavy (non-hydrogen) atoms. The van der Waals surface area contributed by atoms with Gasteiger partial charge >= 0.3 is 0 Å². The minimum atomic E-state index is -2.07. The second-order valence-electron chi connectivity index (χ2n) is 3.88. The van der Waals surface area contributed by atoms with Gasteiger partial charge in [-0.25, -0.2) is 0 Å². The highest BCUT2D eigenvalue weighted by Gasteiger charge is 2.13. The van der Waals surface area contributed by atoms with Crippen molar-refractivity contribution in [2.75, 3.05) is 20.3 Å². The summed E-state index contributed by atoms with van der Waals surface area (Å²) < 4.78 is 31.8. The minimum absolute atomic E-state index is 0.241. The number of nitrogens with one attached hydrogen (secondary N) is 1. The highest BCUT2D eigenvalue weighted by molar-refractivity contribution is 5.44. The van der Waals surface area contributed by atoms with Crippen molar-refractivity contribution in [3.63, 3.8) is 0 Å². The van der Waals surface area contributed by atoms with Crippen LogP contribution in [0.15, 0.2) is 18.2 Å². The summed E-state index contributed by atoms with van der Waals surface area (Å²) in [7, 11) is 0. The van der Waals surface area contributed by atoms with Crippen molar-refractivity contribution in [3.8, 4) is 11.5 Å². The Balaban J connectivity index is 1.89. The van der Waals surface area contributed by atoms with Crippen LogP contribution in [0.5, 0.6) is 11.5 Å². The first kappa shape index (κ1) is 7.12. The van der Waals surface area contributed by atoms with E-state index >= 15 is 0 Å². The number of hydrogen-bond acceptors (Lipinski definition) is 3. The molecule has 0 saturated carbocycles. The fourth-order valence-electron chi connectivity index (χ4n) is 1.72. The standard InChI is InChI=1S/C12H17NO2/c1-9(7-13-2)5-10-3-4-11-12(6-10)15-8-14-11/h3-4,6,9,13H,5,7-8H2,1-2H3/i2D3. The third kappa shape index (κ3) is 2.42. The molecule has 1 unspecified atom stereocenters. The van der Waals surface area contributed by atoms with Gasteiger partial charge in [-0.05, 0) is 43.6 Å². The number of rotatable bonds is 4. The van der Waals surface area contributed by atoms with Gasteiger partial charge in [-0.3, -0.25) is 0 Å². The summed E-state index contributed by atoms with van der Waals surface area (Å²) in [4.78, 5) is 0. The molecule has 1 heterocycles. The molecule has 0 bridgehead atoms. The monoisotopic (exact) mass is 210 g/mol. The molecule has 3 nitrogen and oxygen atoms in total. The zero-order valence-corrected chi connectivity index (χ0v) is 8.75. The van der Waals surface area contributed by atoms with Gasteiger partial charge < -0.3 is 14.8 Å². The molecule has 0 amide bonds. The van der Waals surface area contributed by atoms with Gasteiger partial charge in [0.2, 0.25) is 6.79 Å². The predicted molar refractivity (Wildman–Crippen MR) is 59.4 cm³/mol. The molecule has 1 aromatic carbocycles. The zero-order valence-electron chi connectivity index (χ0n) is 11.7. The molecule has 0 fully saturated rings. The number of hydrogen-bond donors (Lipinski definition) is 1. The zero-order chi connectivity index (χ0) is 13.2. The van der Waals surface area contributed by atoms with Crippen LogP contribution in [0.25, 0.3) is 0 Å². The van der Waals surface area contributed by atoms with Gasteiger partial charge in [0.05, 0.1) is 0 Å². The van der Waals surface area contributed by atoms with Crippen molar-refractivity contribution in [2.24, 2.45) is 5.92 Å². The van der Waals surface area contributed by atoms with E-state index in [0.717, 1.165) is 23.5 Å². The maximum absolute atomic E-state index is 7.09. The third-order valence-corrected chi connectivity index (χ3v) is 2.47. The van der Waals surface area contributed by atoms with E-state index in [1.54, 1.807) is 0 Å². The largest absolute Gasteiger partial charge is 0.454 e. The quantitative estimate of drug-likeness (QED) is 0.822. The Hall–Kier alpha value is -1.22. The van der Waals surface area contributed by atoms with E-state index in [1.807, 2.05) is 25.1 Å². The van der Waals surface area contributed by atoms with Gasteiger partial charge in [-0.1, -0.05) is 13.0 Å². The van der Waals surface area contributed by atoms with Gasteiger partial charge in [0.15, 0.2) is 11.5 Å². The second-order valence-corrected chi connectivity index (χ2v) is 3.88. The van der Waals surface area contributed by atoms with E-state index in [1.165, 1.54) is 0 Å². The number of ether oxygens (including phenoxy) is 2. The van der Waals surface area contributed by atoms with E-state index in [0.29, 0.717) is 6.54 Å². The van der Waals surface area contributed by atoms with Crippen LogP contribution >= 0.6 is 0 Å². The molecule has 1 aromatic rings. The molecule has 0 spiro atoms. The summed E-state index contributed by atoms with van der Waals surface area (Å²) in [6, 6.07) is 5.83. The lowest BCUT2D eigenvalue weighted by Crippen LogP contribution is -2.17. The summed E-state index contributed by atoms with van der Waals surface area (Å²) in [6.45, 7) is 0.687. The van der Waals surface area contributed by atoms with E-state index in [4.69, 9.17) is 13.6 Å². The Kier molecular flexibility index (Phi) is 2.15. The average Bonchev–Trinajstić information content (AvgIpc) is 2.72. The highest BCUT2D eigenvalue weighted by atomic mass is 16.7. The molecule has 0 aliphatic carbocycles. The smallest absolute Gasteiger partial charge is 0.231 e. The van der Waals surface area contributed by atoms with E-state index < -0.39 is 6.98 Å². The van der Waals surface area contributed by atoms with Crippen LogP contribution in [0.4, 0.5) is 0 Å². The average molecular weight is 210 g/mol. The molecule has 1 aliphatic heterocycles. The van der Waals surface area contributed by atoms with Gasteiger partial charge in [-0.2, -0.15) is 0 Å². The highest BCUT2D eigenvalue weighted by Crippen LogP contribution is 2.32. The van der Waals surface area contributed by atoms with Crippen LogP contribution < -0.4 is 14.8 Å². The van der Waals surface area contributed by atoms with Gasteiger partial charge in [-0.15, -0.1) is 0 Å². The molecule has 0 aromatic heterocycles. The van der Waals surface area contributed by atoms with Crippen molar-refractivity contribution in [1.29, 1.82) is 0 Å². The molecular formula is C12H17NO2. The molecule has 3 heteroatoms. The van der Waals surface area contributed by atoms with E-state index in [9.17, 15) is 0 Å². The Bertz CT molecular complexity index is 420. The summed E-state index contributed by atoms with van der Waals surface area (Å²) in [6.07, 6.45) is 0.805. The van der Waals surface area contributed by atoms with Crippen LogP contribution in [0.1, 0.15) is 16.6 Å². The SMILES string of the molecule is [2H]C([2H])([2H])NCC(C)Cc1ccc2c(c1)OCO2. The first-order valence-corrected chi connectivity index (χ1v) is 5.07. The summed E-state index contributed by atoms with van der Waals surface area (Å²) >= 11 is 0. The van der Waals surface area contributed by atoms with Crippen LogP contribution in [0, 0.1) is 5.92 Å². The number of fused-ring (bicyclic) bond motifs is 1. The molecule has 0 radical (unpaired) electrons. The van der Waals surface area contributed by atoms with Crippen molar-refractivity contribution < 1.29 is 13.6 Å². The normalized spacial score (nSPS) is 19.1. The van der Waals surface area contributed by atoms with Gasteiger partial charge in [0, 0.05) is 4.11 Å². The summed E-state index contributed by atoms with van der Waals surface area (Å²) in [5, 5.41) is 2.54. The Labute approximate surface area is 94.6 Å². The first-order valence-electron chi connectivity index (χ1n) is 6.57. The lowest BCUT2D eigenvalue weighted by atomic mass is 10.0. The minimum Gasteiger partial charge on any atom is -0.454 e. The molecule has 0 saturated heterocycles. The predicted octanol–water partition coefficient (Wildman–Crippen LogP) is 1.81. The maximum Gasteiger partial charge on any atom is 0.231 e. The Morgan fingerprint density at radius 3 is 3.20 bits per heavy atom. The van der Waals surface area contributed by atoms with Gasteiger partial charge in [0.1, 0.15) is 0 Å². The number of benzene rings is 1. The van der Waals surface area contributed by atoms with Gasteiger partial charge in [0.25, 0.3) is 0 Å². The fourth-order valence-corrected chi connectivity index (χ4v) is 1.72. The molecular weight excluding hydrogens is 190 g/mol. The van der Waals surface area contributed by atoms with Crippen LogP contribution in [0.2, 0.25) is 0 Å². The molecule has 1 atom stereocenters. The molecule has 1 N–H and O–H groups in total. The topological polar surface area (TPSA) is 30.5 Å². The lowest BCUT2D eigenvalue weighted by Gasteiger charge is -2.10. The van der Waals surface area contributed by atoms with E-state index in [-0.39, 0.29) is 12.7 Å². The summed E-state index contributed by atoms with van der Waals surface area (Å²) in [5.74, 6) is 1.78. The van der Waals surface area contributed by atoms with Crippen LogP contribution in [-0.2, 0) is 6.42 Å². The first-order chi connectivity index (χ1) is 8.44. The Morgan fingerprint density at radius 2 is 2.33 bits per heavy atom. The molecule has 2 rings (SSSR count). The van der Waals surface area contributed by atoms with Crippen molar-refractivity contribution in [1.82, 2.24) is 5.32 Å². The molecule has 82 valence electrons. The van der Waals surface area contributed by atoms with E-state index in [2.05, 4.69) is 5.32 Å². The fraction of sp³-hybridized carbons (Fsp3) is 0.500. The third-order valence-electron chi connectivity index (χ3n) is 2.47. The van der Waals surface area contributed by atoms with Crippen molar-refractivity contribution in [3.05, 3.63) is 23.8 Å². The van der Waals surface area contributed by atoms with Crippen molar-refractivity contribution >= 4 is 0 Å². The lowest BCUT2D eigenvalue weighted by molar-refractivity contribution is 0.174. The van der Waals surface area contributed by atoms with Crippen LogP contribution in [0.3, 0.4) is 0 Å². The van der Waals surface area contributed by atoms with Crippen molar-refractivity contribution in [2.45, 2.75) is 13.3 Å². The summed E-state index contributed by atoms with van der Waals surface area (Å²) in [5.41, 5.74) is 1.12. The second kappa shape index (κ2) is 4.53. The Morgan fingerprint density at radius 1 is 1.47 bits per heavy atom.